The fraction of sp³-hybridized carbons (Fsp3) is 0.375. The van der Waals surface area contributed by atoms with Gasteiger partial charge in [0.2, 0.25) is 0 Å². The fourth-order valence-corrected chi connectivity index (χ4v) is 4.95. The van der Waals surface area contributed by atoms with Gasteiger partial charge in [-0.2, -0.15) is 0 Å². The van der Waals surface area contributed by atoms with E-state index in [1.165, 1.54) is 5.56 Å². The van der Waals surface area contributed by atoms with E-state index in [1.54, 1.807) is 11.8 Å². The Morgan fingerprint density at radius 3 is 2.30 bits per heavy atom. The van der Waals surface area contributed by atoms with E-state index < -0.39 is 12.0 Å². The highest BCUT2D eigenvalue weighted by atomic mass is 35.5. The van der Waals surface area contributed by atoms with Crippen LogP contribution in [0.3, 0.4) is 0 Å². The number of carbonyl (C=O) groups is 2. The van der Waals surface area contributed by atoms with E-state index in [2.05, 4.69) is 35.3 Å². The quantitative estimate of drug-likeness (QED) is 0.316. The third-order valence-electron chi connectivity index (χ3n) is 7.01. The maximum absolute atomic E-state index is 13.1. The second kappa shape index (κ2) is 14.8. The molecule has 0 radical (unpaired) electrons. The van der Waals surface area contributed by atoms with Gasteiger partial charge in [-0.25, -0.2) is 9.59 Å². The summed E-state index contributed by atoms with van der Waals surface area (Å²) >= 11 is 6.14. The van der Waals surface area contributed by atoms with Crippen LogP contribution in [0, 0.1) is 6.92 Å². The monoisotopic (exact) mass is 563 g/mol. The van der Waals surface area contributed by atoms with Crippen molar-refractivity contribution in [3.8, 4) is 0 Å². The molecule has 1 saturated heterocycles. The Balaban J connectivity index is 1.34. The molecular weight excluding hydrogens is 526 g/mol. The topological polar surface area (TPSA) is 71.1 Å². The number of urea groups is 1. The molecule has 0 bridgehead atoms. The van der Waals surface area contributed by atoms with Crippen molar-refractivity contribution in [1.82, 2.24) is 15.1 Å². The molecule has 0 aromatic heterocycles. The standard InChI is InChI=1S/C32H38ClN3O4/c1-3-39-31(37)29(21-25-9-5-4-6-10-25)34-32(38)36-18-16-35(17-19-36)22-30(27-12-14-28(33)15-13-27)40-23-26-11-7-8-24(2)20-26/h4-15,20,29-30H,3,16-19,21-23H2,1-2H3,(H,34,38)/t29-,30+/m0/s1. The summed E-state index contributed by atoms with van der Waals surface area (Å²) < 4.78 is 11.6. The minimum absolute atomic E-state index is 0.141. The predicted molar refractivity (Wildman–Crippen MR) is 157 cm³/mol. The van der Waals surface area contributed by atoms with E-state index in [1.807, 2.05) is 60.7 Å². The highest BCUT2D eigenvalue weighted by molar-refractivity contribution is 6.30. The zero-order valence-corrected chi connectivity index (χ0v) is 24.0. The van der Waals surface area contributed by atoms with Crippen molar-refractivity contribution in [3.05, 3.63) is 106 Å². The summed E-state index contributed by atoms with van der Waals surface area (Å²) in [6.07, 6.45) is 0.240. The first-order chi connectivity index (χ1) is 19.4. The van der Waals surface area contributed by atoms with Crippen LogP contribution in [0.4, 0.5) is 4.79 Å². The van der Waals surface area contributed by atoms with E-state index in [4.69, 9.17) is 21.1 Å². The van der Waals surface area contributed by atoms with Crippen LogP contribution < -0.4 is 5.32 Å². The van der Waals surface area contributed by atoms with Crippen LogP contribution in [-0.2, 0) is 27.3 Å². The molecule has 3 aromatic carbocycles. The van der Waals surface area contributed by atoms with E-state index in [0.717, 1.165) is 16.7 Å². The van der Waals surface area contributed by atoms with Gasteiger partial charge >= 0.3 is 12.0 Å². The number of piperazine rings is 1. The molecule has 7 nitrogen and oxygen atoms in total. The third kappa shape index (κ3) is 8.81. The van der Waals surface area contributed by atoms with E-state index >= 15 is 0 Å². The maximum atomic E-state index is 13.1. The molecule has 212 valence electrons. The van der Waals surface area contributed by atoms with Crippen LogP contribution in [0.25, 0.3) is 0 Å². The average Bonchev–Trinajstić information content (AvgIpc) is 2.96. The van der Waals surface area contributed by atoms with Gasteiger partial charge in [0.1, 0.15) is 6.04 Å². The first-order valence-electron chi connectivity index (χ1n) is 13.8. The van der Waals surface area contributed by atoms with Crippen molar-refractivity contribution in [2.45, 2.75) is 39.0 Å². The van der Waals surface area contributed by atoms with Gasteiger partial charge in [-0.1, -0.05) is 83.9 Å². The first-order valence-corrected chi connectivity index (χ1v) is 14.2. The molecule has 1 aliphatic rings. The van der Waals surface area contributed by atoms with E-state index in [9.17, 15) is 9.59 Å². The lowest BCUT2D eigenvalue weighted by Crippen LogP contribution is -2.55. The predicted octanol–water partition coefficient (Wildman–Crippen LogP) is 5.41. The smallest absolute Gasteiger partial charge is 0.329 e. The molecule has 1 aliphatic heterocycles. The summed E-state index contributed by atoms with van der Waals surface area (Å²) in [6, 6.07) is 24.8. The first kappa shape index (κ1) is 29.6. The van der Waals surface area contributed by atoms with Gasteiger partial charge in [0.25, 0.3) is 0 Å². The minimum atomic E-state index is -0.739. The Labute approximate surface area is 242 Å². The van der Waals surface area contributed by atoms with Crippen molar-refractivity contribution >= 4 is 23.6 Å². The lowest BCUT2D eigenvalue weighted by atomic mass is 10.1. The second-order valence-corrected chi connectivity index (χ2v) is 10.5. The molecule has 2 amide bonds. The number of esters is 1. The van der Waals surface area contributed by atoms with Gasteiger partial charge < -0.3 is 19.7 Å². The zero-order valence-electron chi connectivity index (χ0n) is 23.2. The number of hydrogen-bond donors (Lipinski definition) is 1. The number of rotatable bonds is 11. The summed E-state index contributed by atoms with van der Waals surface area (Å²) in [7, 11) is 0. The van der Waals surface area contributed by atoms with Crippen LogP contribution in [-0.4, -0.2) is 67.2 Å². The van der Waals surface area contributed by atoms with E-state index in [-0.39, 0.29) is 18.7 Å². The Bertz CT molecular complexity index is 1230. The SMILES string of the molecule is CCOC(=O)[C@H](Cc1ccccc1)NC(=O)N1CCN(C[C@@H](OCc2cccc(C)c2)c2ccc(Cl)cc2)CC1. The third-order valence-corrected chi connectivity index (χ3v) is 7.26. The molecule has 0 unspecified atom stereocenters. The second-order valence-electron chi connectivity index (χ2n) is 10.1. The number of hydrogen-bond acceptors (Lipinski definition) is 5. The molecule has 0 spiro atoms. The summed E-state index contributed by atoms with van der Waals surface area (Å²) in [4.78, 5) is 29.8. The lowest BCUT2D eigenvalue weighted by molar-refractivity contribution is -0.145. The lowest BCUT2D eigenvalue weighted by Gasteiger charge is -2.37. The Morgan fingerprint density at radius 2 is 1.62 bits per heavy atom. The summed E-state index contributed by atoms with van der Waals surface area (Å²) in [6.45, 7) is 7.82. The van der Waals surface area contributed by atoms with Crippen molar-refractivity contribution in [2.75, 3.05) is 39.3 Å². The average molecular weight is 564 g/mol. The van der Waals surface area contributed by atoms with Crippen LogP contribution in [0.2, 0.25) is 5.02 Å². The highest BCUT2D eigenvalue weighted by Crippen LogP contribution is 2.23. The molecular formula is C32H38ClN3O4. The molecule has 0 saturated carbocycles. The van der Waals surface area contributed by atoms with Gasteiger partial charge in [-0.15, -0.1) is 0 Å². The van der Waals surface area contributed by atoms with E-state index in [0.29, 0.717) is 50.8 Å². The number of amides is 2. The molecule has 40 heavy (non-hydrogen) atoms. The highest BCUT2D eigenvalue weighted by Gasteiger charge is 2.28. The molecule has 1 fully saturated rings. The summed E-state index contributed by atoms with van der Waals surface area (Å²) in [5.74, 6) is -0.421. The number of halogens is 1. The Morgan fingerprint density at radius 1 is 0.925 bits per heavy atom. The molecule has 8 heteroatoms. The van der Waals surface area contributed by atoms with Gasteiger partial charge in [-0.3, -0.25) is 4.90 Å². The Kier molecular flexibility index (Phi) is 11.0. The summed E-state index contributed by atoms with van der Waals surface area (Å²) in [5.41, 5.74) is 4.36. The van der Waals surface area contributed by atoms with Gasteiger partial charge in [0, 0.05) is 44.2 Å². The molecule has 2 atom stereocenters. The molecule has 0 aliphatic carbocycles. The normalized spacial score (nSPS) is 15.3. The fourth-order valence-electron chi connectivity index (χ4n) is 4.82. The molecule has 1 N–H and O–H groups in total. The minimum Gasteiger partial charge on any atom is -0.464 e. The zero-order chi connectivity index (χ0) is 28.3. The van der Waals surface area contributed by atoms with Crippen molar-refractivity contribution in [2.24, 2.45) is 0 Å². The molecule has 3 aromatic rings. The van der Waals surface area contributed by atoms with Crippen molar-refractivity contribution < 1.29 is 19.1 Å². The number of benzene rings is 3. The number of ether oxygens (including phenoxy) is 2. The van der Waals surface area contributed by atoms with Crippen LogP contribution in [0.15, 0.2) is 78.9 Å². The maximum Gasteiger partial charge on any atom is 0.329 e. The van der Waals surface area contributed by atoms with Crippen molar-refractivity contribution in [3.63, 3.8) is 0 Å². The van der Waals surface area contributed by atoms with Crippen LogP contribution >= 0.6 is 11.6 Å². The number of carbonyl (C=O) groups excluding carboxylic acids is 2. The summed E-state index contributed by atoms with van der Waals surface area (Å²) in [5, 5.41) is 3.60. The van der Waals surface area contributed by atoms with Crippen molar-refractivity contribution in [1.29, 1.82) is 0 Å². The van der Waals surface area contributed by atoms with Gasteiger partial charge in [-0.05, 0) is 42.7 Å². The van der Waals surface area contributed by atoms with Crippen LogP contribution in [0.5, 0.6) is 0 Å². The van der Waals surface area contributed by atoms with Crippen LogP contribution in [0.1, 0.15) is 35.3 Å². The Hall–Kier alpha value is -3.39. The largest absolute Gasteiger partial charge is 0.464 e. The number of nitrogens with zero attached hydrogens (tertiary/aromatic N) is 2. The molecule has 1 heterocycles. The van der Waals surface area contributed by atoms with Gasteiger partial charge in [0.05, 0.1) is 19.3 Å². The number of nitrogens with one attached hydrogen (secondary N) is 1. The van der Waals surface area contributed by atoms with Gasteiger partial charge in [0.15, 0.2) is 0 Å². The number of aryl methyl sites for hydroxylation is 1. The molecule has 4 rings (SSSR count).